The van der Waals surface area contributed by atoms with Crippen LogP contribution in [0.1, 0.15) is 56.5 Å². The number of nitrogens with one attached hydrogen (secondary N) is 1. The minimum atomic E-state index is -0.580. The van der Waals surface area contributed by atoms with Crippen LogP contribution in [0.15, 0.2) is 24.3 Å². The van der Waals surface area contributed by atoms with Crippen molar-refractivity contribution < 1.29 is 14.6 Å². The zero-order valence-corrected chi connectivity index (χ0v) is 18.9. The van der Waals surface area contributed by atoms with Gasteiger partial charge in [-0.25, -0.2) is 0 Å². The standard InChI is InChI=1S/C23H36N4O3/c1-16(2)22-20(23(26(5)25-22)27-10-12-29-13-11-27)14-24-15-21(28)18-6-8-19(9-7-18)30-17(3)4/h6-9,16-17,21,24,28H,10-15H2,1-5H3. The lowest BCUT2D eigenvalue weighted by Gasteiger charge is -2.29. The van der Waals surface area contributed by atoms with Gasteiger partial charge in [-0.1, -0.05) is 26.0 Å². The molecule has 0 saturated carbocycles. The van der Waals surface area contributed by atoms with Gasteiger partial charge in [-0.15, -0.1) is 0 Å². The second-order valence-corrected chi connectivity index (χ2v) is 8.45. The summed E-state index contributed by atoms with van der Waals surface area (Å²) >= 11 is 0. The van der Waals surface area contributed by atoms with Crippen LogP contribution in [0, 0.1) is 0 Å². The van der Waals surface area contributed by atoms with Gasteiger partial charge in [-0.3, -0.25) is 4.68 Å². The summed E-state index contributed by atoms with van der Waals surface area (Å²) in [6.45, 7) is 12.7. The molecule has 7 heteroatoms. The minimum Gasteiger partial charge on any atom is -0.491 e. The summed E-state index contributed by atoms with van der Waals surface area (Å²) in [5.74, 6) is 2.31. The minimum absolute atomic E-state index is 0.137. The van der Waals surface area contributed by atoms with E-state index in [2.05, 4.69) is 24.1 Å². The van der Waals surface area contributed by atoms with E-state index in [9.17, 15) is 5.11 Å². The van der Waals surface area contributed by atoms with E-state index < -0.39 is 6.10 Å². The van der Waals surface area contributed by atoms with Crippen LogP contribution in [0.25, 0.3) is 0 Å². The Morgan fingerprint density at radius 3 is 2.40 bits per heavy atom. The quantitative estimate of drug-likeness (QED) is 0.655. The zero-order chi connectivity index (χ0) is 21.7. The molecule has 2 aromatic rings. The molecule has 0 amide bonds. The Morgan fingerprint density at radius 1 is 1.13 bits per heavy atom. The van der Waals surface area contributed by atoms with Gasteiger partial charge in [0.15, 0.2) is 0 Å². The Balaban J connectivity index is 1.66. The SMILES string of the molecule is CC(C)Oc1ccc(C(O)CNCc2c(C(C)C)nn(C)c2N2CCOCC2)cc1. The largest absolute Gasteiger partial charge is 0.491 e. The molecule has 7 nitrogen and oxygen atoms in total. The van der Waals surface area contributed by atoms with Crippen molar-refractivity contribution >= 4 is 5.82 Å². The normalized spacial score (nSPS) is 15.8. The highest BCUT2D eigenvalue weighted by molar-refractivity contribution is 5.51. The molecule has 0 radical (unpaired) electrons. The summed E-state index contributed by atoms with van der Waals surface area (Å²) in [6.07, 6.45) is -0.443. The number of benzene rings is 1. The molecule has 2 heterocycles. The number of ether oxygens (including phenoxy) is 2. The molecule has 0 spiro atoms. The molecular weight excluding hydrogens is 380 g/mol. The van der Waals surface area contributed by atoms with Gasteiger partial charge in [-0.2, -0.15) is 5.10 Å². The van der Waals surface area contributed by atoms with Crippen LogP contribution in [-0.4, -0.2) is 53.8 Å². The number of hydrogen-bond acceptors (Lipinski definition) is 6. The first-order chi connectivity index (χ1) is 14.4. The smallest absolute Gasteiger partial charge is 0.131 e. The van der Waals surface area contributed by atoms with Crippen LogP contribution in [0.5, 0.6) is 5.75 Å². The maximum Gasteiger partial charge on any atom is 0.131 e. The van der Waals surface area contributed by atoms with Gasteiger partial charge in [-0.05, 0) is 37.5 Å². The number of rotatable bonds is 9. The number of aliphatic hydroxyl groups is 1. The number of anilines is 1. The molecule has 166 valence electrons. The second kappa shape index (κ2) is 10.3. The topological polar surface area (TPSA) is 71.8 Å². The van der Waals surface area contributed by atoms with E-state index in [0.29, 0.717) is 19.0 Å². The van der Waals surface area contributed by atoms with E-state index in [4.69, 9.17) is 14.6 Å². The number of aliphatic hydroxyl groups excluding tert-OH is 1. The number of aryl methyl sites for hydroxylation is 1. The molecule has 1 atom stereocenters. The molecule has 1 unspecified atom stereocenters. The van der Waals surface area contributed by atoms with Crippen LogP contribution in [-0.2, 0) is 18.3 Å². The molecule has 1 aromatic heterocycles. The van der Waals surface area contributed by atoms with Crippen molar-refractivity contribution in [3.63, 3.8) is 0 Å². The Bertz CT molecular complexity index is 796. The molecule has 1 aromatic carbocycles. The van der Waals surface area contributed by atoms with Crippen LogP contribution in [0.2, 0.25) is 0 Å². The summed E-state index contributed by atoms with van der Waals surface area (Å²) in [4.78, 5) is 2.35. The van der Waals surface area contributed by atoms with Crippen LogP contribution in [0.4, 0.5) is 5.82 Å². The van der Waals surface area contributed by atoms with Crippen molar-refractivity contribution in [2.24, 2.45) is 7.05 Å². The third-order valence-electron chi connectivity index (χ3n) is 5.28. The monoisotopic (exact) mass is 416 g/mol. The van der Waals surface area contributed by atoms with Crippen molar-refractivity contribution in [3.8, 4) is 5.75 Å². The molecule has 30 heavy (non-hydrogen) atoms. The van der Waals surface area contributed by atoms with E-state index in [1.807, 2.05) is 49.8 Å². The molecular formula is C23H36N4O3. The molecule has 1 aliphatic heterocycles. The van der Waals surface area contributed by atoms with Crippen molar-refractivity contribution in [2.75, 3.05) is 37.7 Å². The lowest BCUT2D eigenvalue weighted by molar-refractivity contribution is 0.122. The van der Waals surface area contributed by atoms with E-state index in [-0.39, 0.29) is 6.10 Å². The first-order valence-electron chi connectivity index (χ1n) is 10.9. The maximum absolute atomic E-state index is 10.6. The average Bonchev–Trinajstić information content (AvgIpc) is 3.05. The van der Waals surface area contributed by atoms with Gasteiger partial charge in [0, 0.05) is 38.8 Å². The van der Waals surface area contributed by atoms with Gasteiger partial charge < -0.3 is 24.8 Å². The number of hydrogen-bond donors (Lipinski definition) is 2. The maximum atomic E-state index is 10.6. The highest BCUT2D eigenvalue weighted by Gasteiger charge is 2.24. The third kappa shape index (κ3) is 5.53. The second-order valence-electron chi connectivity index (χ2n) is 8.45. The third-order valence-corrected chi connectivity index (χ3v) is 5.28. The first kappa shape index (κ1) is 22.6. The lowest BCUT2D eigenvalue weighted by atomic mass is 10.0. The molecule has 2 N–H and O–H groups in total. The molecule has 3 rings (SSSR count). The summed E-state index contributed by atoms with van der Waals surface area (Å²) in [5, 5.41) is 18.9. The van der Waals surface area contributed by atoms with Gasteiger partial charge in [0.05, 0.1) is 31.1 Å². The van der Waals surface area contributed by atoms with Crippen molar-refractivity contribution in [1.29, 1.82) is 0 Å². The van der Waals surface area contributed by atoms with E-state index in [1.54, 1.807) is 0 Å². The molecule has 1 fully saturated rings. The van der Waals surface area contributed by atoms with Gasteiger partial charge in [0.1, 0.15) is 11.6 Å². The summed E-state index contributed by atoms with van der Waals surface area (Å²) < 4.78 is 13.2. The average molecular weight is 417 g/mol. The van der Waals surface area contributed by atoms with Crippen LogP contribution in [0.3, 0.4) is 0 Å². The Morgan fingerprint density at radius 2 is 1.80 bits per heavy atom. The zero-order valence-electron chi connectivity index (χ0n) is 18.9. The summed E-state index contributed by atoms with van der Waals surface area (Å²) in [7, 11) is 2.01. The Kier molecular flexibility index (Phi) is 7.75. The Hall–Kier alpha value is -2.09. The number of aromatic nitrogens is 2. The summed E-state index contributed by atoms with van der Waals surface area (Å²) in [5.41, 5.74) is 3.20. The molecule has 1 saturated heterocycles. The molecule has 0 aliphatic carbocycles. The van der Waals surface area contributed by atoms with Crippen molar-refractivity contribution in [3.05, 3.63) is 41.1 Å². The van der Waals surface area contributed by atoms with E-state index in [1.165, 1.54) is 5.56 Å². The van der Waals surface area contributed by atoms with Crippen LogP contribution >= 0.6 is 0 Å². The number of nitrogens with zero attached hydrogens (tertiary/aromatic N) is 3. The van der Waals surface area contributed by atoms with Crippen molar-refractivity contribution in [2.45, 2.75) is 52.4 Å². The lowest BCUT2D eigenvalue weighted by Crippen LogP contribution is -2.38. The molecule has 0 bridgehead atoms. The van der Waals surface area contributed by atoms with Gasteiger partial charge in [0.2, 0.25) is 0 Å². The van der Waals surface area contributed by atoms with E-state index >= 15 is 0 Å². The fourth-order valence-corrected chi connectivity index (χ4v) is 3.88. The van der Waals surface area contributed by atoms with E-state index in [0.717, 1.165) is 49.1 Å². The van der Waals surface area contributed by atoms with Crippen LogP contribution < -0.4 is 15.0 Å². The fourth-order valence-electron chi connectivity index (χ4n) is 3.88. The molecule has 1 aliphatic rings. The number of morpholine rings is 1. The van der Waals surface area contributed by atoms with Gasteiger partial charge in [0.25, 0.3) is 0 Å². The Labute approximate surface area is 180 Å². The highest BCUT2D eigenvalue weighted by atomic mass is 16.5. The highest BCUT2D eigenvalue weighted by Crippen LogP contribution is 2.29. The fraction of sp³-hybridized carbons (Fsp3) is 0.609. The van der Waals surface area contributed by atoms with Crippen molar-refractivity contribution in [1.82, 2.24) is 15.1 Å². The summed E-state index contributed by atoms with van der Waals surface area (Å²) in [6, 6.07) is 7.67. The first-order valence-corrected chi connectivity index (χ1v) is 10.9. The predicted octanol–water partition coefficient (Wildman–Crippen LogP) is 2.99. The van der Waals surface area contributed by atoms with Gasteiger partial charge >= 0.3 is 0 Å². The predicted molar refractivity (Wildman–Crippen MR) is 119 cm³/mol.